The van der Waals surface area contributed by atoms with Crippen molar-refractivity contribution >= 4 is 10.9 Å². The van der Waals surface area contributed by atoms with Crippen LogP contribution in [-0.4, -0.2) is 4.98 Å². The Labute approximate surface area is 97.6 Å². The first kappa shape index (κ1) is 12.0. The van der Waals surface area contributed by atoms with Crippen LogP contribution in [0.5, 0.6) is 0 Å². The quantitative estimate of drug-likeness (QED) is 0.749. The molecule has 92 valence electrons. The number of aromatic nitrogens is 1. The van der Waals surface area contributed by atoms with Gasteiger partial charge in [-0.3, -0.25) is 0 Å². The minimum Gasteiger partial charge on any atom is -0.357 e. The summed E-state index contributed by atoms with van der Waals surface area (Å²) in [6, 6.07) is 4.29. The van der Waals surface area contributed by atoms with E-state index in [0.29, 0.717) is 5.39 Å². The molecule has 0 unspecified atom stereocenters. The van der Waals surface area contributed by atoms with E-state index < -0.39 is 11.7 Å². The van der Waals surface area contributed by atoms with Crippen LogP contribution in [0.3, 0.4) is 0 Å². The van der Waals surface area contributed by atoms with E-state index in [4.69, 9.17) is 0 Å². The molecular formula is C13H14F3N. The van der Waals surface area contributed by atoms with E-state index in [-0.39, 0.29) is 11.4 Å². The molecule has 1 nitrogen and oxygen atoms in total. The number of halogens is 3. The first-order valence-electron chi connectivity index (χ1n) is 5.50. The molecule has 0 amide bonds. The molecule has 0 saturated carbocycles. The van der Waals surface area contributed by atoms with E-state index in [1.807, 2.05) is 20.8 Å². The number of para-hydroxylation sites is 1. The zero-order valence-electron chi connectivity index (χ0n) is 9.94. The molecule has 0 aliphatic heterocycles. The second kappa shape index (κ2) is 3.79. The summed E-state index contributed by atoms with van der Waals surface area (Å²) < 4.78 is 38.5. The summed E-state index contributed by atoms with van der Waals surface area (Å²) in [5.41, 5.74) is 1.38. The summed E-state index contributed by atoms with van der Waals surface area (Å²) >= 11 is 0. The molecule has 0 fully saturated rings. The second-order valence-corrected chi connectivity index (χ2v) is 4.54. The highest BCUT2D eigenvalue weighted by Gasteiger charge is 2.33. The van der Waals surface area contributed by atoms with Crippen LogP contribution >= 0.6 is 0 Å². The molecule has 0 aliphatic carbocycles. The van der Waals surface area contributed by atoms with Crippen LogP contribution in [0.4, 0.5) is 13.2 Å². The predicted molar refractivity (Wildman–Crippen MR) is 62.1 cm³/mol. The molecule has 0 saturated heterocycles. The predicted octanol–water partition coefficient (Wildman–Crippen LogP) is 4.62. The maximum atomic E-state index is 12.8. The number of aromatic amines is 1. The van der Waals surface area contributed by atoms with Crippen molar-refractivity contribution in [2.24, 2.45) is 0 Å². The molecule has 4 heteroatoms. The van der Waals surface area contributed by atoms with E-state index in [1.165, 1.54) is 6.07 Å². The Balaban J connectivity index is 2.78. The van der Waals surface area contributed by atoms with Gasteiger partial charge in [-0.05, 0) is 24.5 Å². The van der Waals surface area contributed by atoms with Gasteiger partial charge in [-0.1, -0.05) is 26.0 Å². The van der Waals surface area contributed by atoms with E-state index in [0.717, 1.165) is 17.3 Å². The van der Waals surface area contributed by atoms with Gasteiger partial charge >= 0.3 is 6.18 Å². The Morgan fingerprint density at radius 2 is 1.82 bits per heavy atom. The molecule has 0 atom stereocenters. The average molecular weight is 241 g/mol. The van der Waals surface area contributed by atoms with E-state index in [1.54, 1.807) is 6.07 Å². The summed E-state index contributed by atoms with van der Waals surface area (Å²) in [4.78, 5) is 2.92. The number of H-pyrrole nitrogens is 1. The third-order valence-electron chi connectivity index (χ3n) is 3.01. The zero-order valence-corrected chi connectivity index (χ0v) is 9.94. The standard InChI is InChI=1S/C13H14F3N/c1-7(2)11-8(3)9-5-4-6-10(12(9)17-11)13(14,15)16/h4-7,17H,1-3H3. The first-order valence-corrected chi connectivity index (χ1v) is 5.50. The van der Waals surface area contributed by atoms with Crippen molar-refractivity contribution in [2.75, 3.05) is 0 Å². The fraction of sp³-hybridized carbons (Fsp3) is 0.385. The number of rotatable bonds is 1. The normalized spacial score (nSPS) is 12.6. The van der Waals surface area contributed by atoms with Gasteiger partial charge in [0.15, 0.2) is 0 Å². The molecule has 17 heavy (non-hydrogen) atoms. The Kier molecular flexibility index (Phi) is 2.68. The summed E-state index contributed by atoms with van der Waals surface area (Å²) in [7, 11) is 0. The maximum Gasteiger partial charge on any atom is 0.418 e. The maximum absolute atomic E-state index is 12.8. The van der Waals surface area contributed by atoms with Crippen LogP contribution in [0, 0.1) is 6.92 Å². The number of hydrogen-bond acceptors (Lipinski definition) is 0. The summed E-state index contributed by atoms with van der Waals surface area (Å²) in [6.45, 7) is 5.78. The summed E-state index contributed by atoms with van der Waals surface area (Å²) in [5.74, 6) is 0.184. The highest BCUT2D eigenvalue weighted by atomic mass is 19.4. The lowest BCUT2D eigenvalue weighted by atomic mass is 10.0. The van der Waals surface area contributed by atoms with Crippen LogP contribution in [0.2, 0.25) is 0 Å². The highest BCUT2D eigenvalue weighted by molar-refractivity contribution is 5.87. The number of nitrogens with one attached hydrogen (secondary N) is 1. The monoisotopic (exact) mass is 241 g/mol. The molecular weight excluding hydrogens is 227 g/mol. The topological polar surface area (TPSA) is 15.8 Å². The third-order valence-corrected chi connectivity index (χ3v) is 3.01. The molecule has 0 radical (unpaired) electrons. The van der Waals surface area contributed by atoms with Crippen molar-refractivity contribution in [3.8, 4) is 0 Å². The minimum absolute atomic E-state index is 0.184. The number of alkyl halides is 3. The van der Waals surface area contributed by atoms with Crippen molar-refractivity contribution in [2.45, 2.75) is 32.9 Å². The fourth-order valence-corrected chi connectivity index (χ4v) is 2.19. The van der Waals surface area contributed by atoms with Gasteiger partial charge in [-0.15, -0.1) is 0 Å². The molecule has 1 heterocycles. The van der Waals surface area contributed by atoms with Gasteiger partial charge in [0, 0.05) is 11.1 Å². The largest absolute Gasteiger partial charge is 0.418 e. The van der Waals surface area contributed by atoms with Gasteiger partial charge in [-0.25, -0.2) is 0 Å². The van der Waals surface area contributed by atoms with Crippen LogP contribution in [0.1, 0.15) is 36.6 Å². The Morgan fingerprint density at radius 3 is 2.35 bits per heavy atom. The molecule has 1 N–H and O–H groups in total. The van der Waals surface area contributed by atoms with Gasteiger partial charge in [0.25, 0.3) is 0 Å². The fourth-order valence-electron chi connectivity index (χ4n) is 2.19. The summed E-state index contributed by atoms with van der Waals surface area (Å²) in [6.07, 6.45) is -4.31. The molecule has 0 aliphatic rings. The Bertz CT molecular complexity index is 550. The molecule has 0 bridgehead atoms. The van der Waals surface area contributed by atoms with Crippen molar-refractivity contribution in [3.63, 3.8) is 0 Å². The zero-order chi connectivity index (χ0) is 12.8. The number of hydrogen-bond donors (Lipinski definition) is 1. The third kappa shape index (κ3) is 1.92. The molecule has 2 aromatic rings. The lowest BCUT2D eigenvalue weighted by Gasteiger charge is -2.07. The van der Waals surface area contributed by atoms with Crippen molar-refractivity contribution in [1.82, 2.24) is 4.98 Å². The Hall–Kier alpha value is -1.45. The van der Waals surface area contributed by atoms with Crippen LogP contribution in [-0.2, 0) is 6.18 Å². The number of aryl methyl sites for hydroxylation is 1. The highest BCUT2D eigenvalue weighted by Crippen LogP contribution is 2.37. The molecule has 1 aromatic carbocycles. The van der Waals surface area contributed by atoms with Crippen molar-refractivity contribution < 1.29 is 13.2 Å². The van der Waals surface area contributed by atoms with Crippen LogP contribution in [0.25, 0.3) is 10.9 Å². The molecule has 1 aromatic heterocycles. The number of benzene rings is 1. The Morgan fingerprint density at radius 1 is 1.18 bits per heavy atom. The lowest BCUT2D eigenvalue weighted by molar-refractivity contribution is -0.136. The minimum atomic E-state index is -4.31. The smallest absolute Gasteiger partial charge is 0.357 e. The van der Waals surface area contributed by atoms with Gasteiger partial charge in [0.2, 0.25) is 0 Å². The van der Waals surface area contributed by atoms with Crippen LogP contribution < -0.4 is 0 Å². The van der Waals surface area contributed by atoms with Crippen molar-refractivity contribution in [1.29, 1.82) is 0 Å². The van der Waals surface area contributed by atoms with Gasteiger partial charge < -0.3 is 4.98 Å². The van der Waals surface area contributed by atoms with E-state index in [9.17, 15) is 13.2 Å². The molecule has 2 rings (SSSR count). The number of fused-ring (bicyclic) bond motifs is 1. The van der Waals surface area contributed by atoms with Crippen LogP contribution in [0.15, 0.2) is 18.2 Å². The molecule has 0 spiro atoms. The SMILES string of the molecule is Cc1c(C(C)C)[nH]c2c(C(F)(F)F)cccc12. The first-order chi connectivity index (χ1) is 7.82. The van der Waals surface area contributed by atoms with Gasteiger partial charge in [-0.2, -0.15) is 13.2 Å². The van der Waals surface area contributed by atoms with Gasteiger partial charge in [0.1, 0.15) is 0 Å². The van der Waals surface area contributed by atoms with Gasteiger partial charge in [0.05, 0.1) is 11.1 Å². The van der Waals surface area contributed by atoms with E-state index >= 15 is 0 Å². The summed E-state index contributed by atoms with van der Waals surface area (Å²) in [5, 5.41) is 0.656. The second-order valence-electron chi connectivity index (χ2n) is 4.54. The van der Waals surface area contributed by atoms with Crippen molar-refractivity contribution in [3.05, 3.63) is 35.0 Å². The average Bonchev–Trinajstić information content (AvgIpc) is 2.55. The van der Waals surface area contributed by atoms with E-state index in [2.05, 4.69) is 4.98 Å². The lowest BCUT2D eigenvalue weighted by Crippen LogP contribution is -2.05.